The van der Waals surface area contributed by atoms with Crippen LogP contribution in [0.4, 0.5) is 0 Å². The average Bonchev–Trinajstić information content (AvgIpc) is 3.19. The quantitative estimate of drug-likeness (QED) is 0.725. The van der Waals surface area contributed by atoms with Crippen LogP contribution in [-0.2, 0) is 4.79 Å². The van der Waals surface area contributed by atoms with Crippen molar-refractivity contribution >= 4 is 5.91 Å². The smallest absolute Gasteiger partial charge is 0.234 e. The molecule has 19 heavy (non-hydrogen) atoms. The summed E-state index contributed by atoms with van der Waals surface area (Å²) in [5.41, 5.74) is 0.750. The van der Waals surface area contributed by atoms with Crippen LogP contribution in [0.2, 0.25) is 0 Å². The number of aromatic hydroxyl groups is 1. The summed E-state index contributed by atoms with van der Waals surface area (Å²) >= 11 is 0. The highest BCUT2D eigenvalue weighted by molar-refractivity contribution is 5.78. The van der Waals surface area contributed by atoms with E-state index in [9.17, 15) is 9.90 Å². The summed E-state index contributed by atoms with van der Waals surface area (Å²) in [6.45, 7) is 2.16. The Morgan fingerprint density at radius 2 is 2.26 bits per heavy atom. The second kappa shape index (κ2) is 5.93. The van der Waals surface area contributed by atoms with Gasteiger partial charge < -0.3 is 20.5 Å². The van der Waals surface area contributed by atoms with Gasteiger partial charge in [-0.15, -0.1) is 0 Å². The fourth-order valence-corrected chi connectivity index (χ4v) is 1.88. The van der Waals surface area contributed by atoms with Crippen LogP contribution in [0.15, 0.2) is 18.2 Å². The Bertz CT molecular complexity index is 458. The number of benzene rings is 1. The summed E-state index contributed by atoms with van der Waals surface area (Å²) in [6, 6.07) is 5.43. The topological polar surface area (TPSA) is 70.6 Å². The third-order valence-electron chi connectivity index (χ3n) is 3.22. The zero-order chi connectivity index (χ0) is 13.8. The number of methoxy groups -OCH3 is 1. The number of carbonyl (C=O) groups is 1. The van der Waals surface area contributed by atoms with Gasteiger partial charge in [0.25, 0.3) is 0 Å². The molecule has 1 aromatic rings. The molecule has 3 N–H and O–H groups in total. The third-order valence-corrected chi connectivity index (χ3v) is 3.22. The number of hydrogen-bond acceptors (Lipinski definition) is 4. The molecule has 0 aliphatic heterocycles. The summed E-state index contributed by atoms with van der Waals surface area (Å²) in [5, 5.41) is 15.9. The van der Waals surface area contributed by atoms with Crippen molar-refractivity contribution in [3.63, 3.8) is 0 Å². The molecule has 1 atom stereocenters. The van der Waals surface area contributed by atoms with Crippen LogP contribution >= 0.6 is 0 Å². The molecule has 1 fully saturated rings. The molecule has 0 spiro atoms. The van der Waals surface area contributed by atoms with Crippen molar-refractivity contribution in [1.29, 1.82) is 0 Å². The Morgan fingerprint density at radius 1 is 1.53 bits per heavy atom. The summed E-state index contributed by atoms with van der Waals surface area (Å²) < 4.78 is 5.03. The Morgan fingerprint density at radius 3 is 2.84 bits per heavy atom. The summed E-state index contributed by atoms with van der Waals surface area (Å²) in [5.74, 6) is 0.782. The zero-order valence-corrected chi connectivity index (χ0v) is 11.3. The molecule has 5 nitrogen and oxygen atoms in total. The Kier molecular flexibility index (Phi) is 4.27. The van der Waals surface area contributed by atoms with Crippen LogP contribution in [0.3, 0.4) is 0 Å². The van der Waals surface area contributed by atoms with Crippen molar-refractivity contribution in [3.8, 4) is 11.5 Å². The number of ether oxygens (including phenoxy) is 1. The molecule has 1 aromatic carbocycles. The lowest BCUT2D eigenvalue weighted by molar-refractivity contribution is -0.120. The van der Waals surface area contributed by atoms with Crippen molar-refractivity contribution in [2.45, 2.75) is 31.8 Å². The molecule has 0 bridgehead atoms. The number of phenols is 1. The maximum Gasteiger partial charge on any atom is 0.234 e. The van der Waals surface area contributed by atoms with Gasteiger partial charge in [0.05, 0.1) is 13.7 Å². The lowest BCUT2D eigenvalue weighted by Gasteiger charge is -2.16. The third kappa shape index (κ3) is 3.86. The van der Waals surface area contributed by atoms with Crippen LogP contribution in [-0.4, -0.2) is 30.7 Å². The molecule has 0 radical (unpaired) electrons. The molecule has 1 amide bonds. The van der Waals surface area contributed by atoms with Gasteiger partial charge in [0.15, 0.2) is 0 Å². The standard InChI is InChI=1S/C14H20N2O3/c1-9(15-8-14(18)16-10-3-4-10)12-6-5-11(19-2)7-13(12)17/h5-7,9-10,15,17H,3-4,8H2,1-2H3,(H,16,18). The van der Waals surface area contributed by atoms with Crippen molar-refractivity contribution < 1.29 is 14.6 Å². The monoisotopic (exact) mass is 264 g/mol. The minimum atomic E-state index is -0.101. The molecule has 1 aliphatic carbocycles. The minimum absolute atomic E-state index is 0.00218. The average molecular weight is 264 g/mol. The van der Waals surface area contributed by atoms with Gasteiger partial charge in [0.2, 0.25) is 5.91 Å². The SMILES string of the molecule is COc1ccc(C(C)NCC(=O)NC2CC2)c(O)c1. The molecule has 0 heterocycles. The fourth-order valence-electron chi connectivity index (χ4n) is 1.88. The number of rotatable bonds is 6. The van der Waals surface area contributed by atoms with Crippen molar-refractivity contribution in [3.05, 3.63) is 23.8 Å². The fraction of sp³-hybridized carbons (Fsp3) is 0.500. The van der Waals surface area contributed by atoms with Crippen molar-refractivity contribution in [1.82, 2.24) is 10.6 Å². The van der Waals surface area contributed by atoms with E-state index < -0.39 is 0 Å². The molecule has 2 rings (SSSR count). The van der Waals surface area contributed by atoms with E-state index in [-0.39, 0.29) is 24.2 Å². The zero-order valence-electron chi connectivity index (χ0n) is 11.3. The Labute approximate surface area is 113 Å². The van der Waals surface area contributed by atoms with E-state index >= 15 is 0 Å². The molecule has 1 aliphatic rings. The Hall–Kier alpha value is -1.75. The first-order valence-electron chi connectivity index (χ1n) is 6.50. The predicted octanol–water partition coefficient (Wildman–Crippen LogP) is 1.33. The molecule has 0 aromatic heterocycles. The molecular formula is C14H20N2O3. The van der Waals surface area contributed by atoms with Gasteiger partial charge in [-0.3, -0.25) is 4.79 Å². The second-order valence-corrected chi connectivity index (χ2v) is 4.87. The lowest BCUT2D eigenvalue weighted by Crippen LogP contribution is -2.36. The van der Waals surface area contributed by atoms with E-state index in [2.05, 4.69) is 10.6 Å². The van der Waals surface area contributed by atoms with E-state index in [0.717, 1.165) is 18.4 Å². The number of amides is 1. The summed E-state index contributed by atoms with van der Waals surface area (Å²) in [4.78, 5) is 11.6. The molecule has 5 heteroatoms. The molecule has 1 saturated carbocycles. The van der Waals surface area contributed by atoms with Crippen LogP contribution < -0.4 is 15.4 Å². The molecule has 1 unspecified atom stereocenters. The first-order valence-corrected chi connectivity index (χ1v) is 6.50. The van der Waals surface area contributed by atoms with E-state index in [1.54, 1.807) is 25.3 Å². The van der Waals surface area contributed by atoms with Gasteiger partial charge in [-0.2, -0.15) is 0 Å². The Balaban J connectivity index is 1.87. The van der Waals surface area contributed by atoms with Crippen molar-refractivity contribution in [2.24, 2.45) is 0 Å². The number of nitrogens with one attached hydrogen (secondary N) is 2. The maximum absolute atomic E-state index is 11.6. The van der Waals surface area contributed by atoms with E-state index in [0.29, 0.717) is 11.8 Å². The number of phenolic OH excluding ortho intramolecular Hbond substituents is 1. The predicted molar refractivity (Wildman–Crippen MR) is 72.2 cm³/mol. The van der Waals surface area contributed by atoms with Gasteiger partial charge in [0.1, 0.15) is 11.5 Å². The van der Waals surface area contributed by atoms with Gasteiger partial charge in [-0.1, -0.05) is 6.07 Å². The van der Waals surface area contributed by atoms with Crippen LogP contribution in [0.5, 0.6) is 11.5 Å². The minimum Gasteiger partial charge on any atom is -0.507 e. The van der Waals surface area contributed by atoms with Crippen LogP contribution in [0.1, 0.15) is 31.4 Å². The van der Waals surface area contributed by atoms with Gasteiger partial charge >= 0.3 is 0 Å². The van der Waals surface area contributed by atoms with E-state index in [4.69, 9.17) is 4.74 Å². The van der Waals surface area contributed by atoms with Gasteiger partial charge in [-0.25, -0.2) is 0 Å². The maximum atomic E-state index is 11.6. The highest BCUT2D eigenvalue weighted by Crippen LogP contribution is 2.28. The van der Waals surface area contributed by atoms with E-state index in [1.165, 1.54) is 0 Å². The first kappa shape index (κ1) is 13.7. The molecule has 0 saturated heterocycles. The van der Waals surface area contributed by atoms with Crippen LogP contribution in [0, 0.1) is 0 Å². The summed E-state index contributed by atoms with van der Waals surface area (Å²) in [7, 11) is 1.55. The second-order valence-electron chi connectivity index (χ2n) is 4.87. The van der Waals surface area contributed by atoms with Crippen molar-refractivity contribution in [2.75, 3.05) is 13.7 Å². The largest absolute Gasteiger partial charge is 0.507 e. The van der Waals surface area contributed by atoms with Gasteiger partial charge in [-0.05, 0) is 25.8 Å². The van der Waals surface area contributed by atoms with Crippen LogP contribution in [0.25, 0.3) is 0 Å². The summed E-state index contributed by atoms with van der Waals surface area (Å²) in [6.07, 6.45) is 2.17. The highest BCUT2D eigenvalue weighted by atomic mass is 16.5. The number of hydrogen-bond donors (Lipinski definition) is 3. The first-order chi connectivity index (χ1) is 9.10. The highest BCUT2D eigenvalue weighted by Gasteiger charge is 2.23. The van der Waals surface area contributed by atoms with Gasteiger partial charge in [0, 0.05) is 23.7 Å². The van der Waals surface area contributed by atoms with E-state index in [1.807, 2.05) is 6.92 Å². The lowest BCUT2D eigenvalue weighted by atomic mass is 10.1. The normalized spacial score (nSPS) is 15.9. The molecular weight excluding hydrogens is 244 g/mol. The molecule has 104 valence electrons. The number of carbonyl (C=O) groups excluding carboxylic acids is 1.